The zero-order valence-electron chi connectivity index (χ0n) is 12.1. The van der Waals surface area contributed by atoms with Gasteiger partial charge in [-0.2, -0.15) is 0 Å². The zero-order valence-corrected chi connectivity index (χ0v) is 12.9. The van der Waals surface area contributed by atoms with Gasteiger partial charge in [-0.3, -0.25) is 9.89 Å². The van der Waals surface area contributed by atoms with Gasteiger partial charge in [0.25, 0.3) is 0 Å². The molecule has 2 unspecified atom stereocenters. The van der Waals surface area contributed by atoms with E-state index in [1.54, 1.807) is 0 Å². The summed E-state index contributed by atoms with van der Waals surface area (Å²) in [6.07, 6.45) is 2.71. The maximum Gasteiger partial charge on any atom is 0.157 e. The van der Waals surface area contributed by atoms with Crippen molar-refractivity contribution in [3.05, 3.63) is 35.9 Å². The number of benzene rings is 1. The van der Waals surface area contributed by atoms with E-state index in [9.17, 15) is 0 Å². The fraction of sp³-hybridized carbons (Fsp3) is 0.562. The fourth-order valence-electron chi connectivity index (χ4n) is 2.86. The molecule has 0 saturated carbocycles. The molecule has 20 heavy (non-hydrogen) atoms. The third-order valence-corrected chi connectivity index (χ3v) is 5.34. The number of amidine groups is 1. The number of hydrogen-bond donors (Lipinski definition) is 1. The maximum absolute atomic E-state index is 4.64. The summed E-state index contributed by atoms with van der Waals surface area (Å²) in [5.41, 5.74) is 1.38. The van der Waals surface area contributed by atoms with Crippen molar-refractivity contribution in [2.75, 3.05) is 26.2 Å². The second-order valence-electron chi connectivity index (χ2n) is 5.64. The first-order valence-electron chi connectivity index (χ1n) is 7.57. The van der Waals surface area contributed by atoms with Gasteiger partial charge in [-0.1, -0.05) is 42.1 Å². The Balaban J connectivity index is 1.46. The minimum absolute atomic E-state index is 0.487. The number of rotatable bonds is 4. The molecule has 2 atom stereocenters. The first kappa shape index (κ1) is 14.0. The Hall–Kier alpha value is -1.00. The highest BCUT2D eigenvalue weighted by Crippen LogP contribution is 2.34. The van der Waals surface area contributed by atoms with Gasteiger partial charge < -0.3 is 5.32 Å². The summed E-state index contributed by atoms with van der Waals surface area (Å²) in [7, 11) is 0. The molecule has 2 aliphatic rings. The van der Waals surface area contributed by atoms with Crippen LogP contribution in [-0.4, -0.2) is 42.3 Å². The number of thioether (sulfide) groups is 1. The predicted octanol–water partition coefficient (Wildman–Crippen LogP) is 2.90. The van der Waals surface area contributed by atoms with Crippen LogP contribution in [0.2, 0.25) is 0 Å². The van der Waals surface area contributed by atoms with Gasteiger partial charge in [-0.15, -0.1) is 0 Å². The molecule has 3 nitrogen and oxygen atoms in total. The van der Waals surface area contributed by atoms with E-state index in [0.29, 0.717) is 11.3 Å². The smallest absolute Gasteiger partial charge is 0.157 e. The number of aliphatic imine (C=N–C) groups is 1. The van der Waals surface area contributed by atoms with Crippen molar-refractivity contribution in [1.29, 1.82) is 0 Å². The lowest BCUT2D eigenvalue weighted by Crippen LogP contribution is -2.39. The van der Waals surface area contributed by atoms with Gasteiger partial charge in [0.2, 0.25) is 0 Å². The van der Waals surface area contributed by atoms with Crippen molar-refractivity contribution in [3.63, 3.8) is 0 Å². The molecule has 0 aromatic heterocycles. The van der Waals surface area contributed by atoms with Gasteiger partial charge in [0.1, 0.15) is 0 Å². The van der Waals surface area contributed by atoms with Gasteiger partial charge in [-0.25, -0.2) is 0 Å². The summed E-state index contributed by atoms with van der Waals surface area (Å²) >= 11 is 1.87. The summed E-state index contributed by atoms with van der Waals surface area (Å²) < 4.78 is 0. The Labute approximate surface area is 125 Å². The van der Waals surface area contributed by atoms with E-state index < -0.39 is 0 Å². The summed E-state index contributed by atoms with van der Waals surface area (Å²) in [5, 5.41) is 5.13. The summed E-state index contributed by atoms with van der Waals surface area (Å²) in [4.78, 5) is 7.21. The highest BCUT2D eigenvalue weighted by atomic mass is 32.2. The van der Waals surface area contributed by atoms with E-state index in [1.165, 1.54) is 31.5 Å². The van der Waals surface area contributed by atoms with Crippen LogP contribution in [0, 0.1) is 0 Å². The molecule has 3 rings (SSSR count). The van der Waals surface area contributed by atoms with E-state index in [2.05, 4.69) is 52.5 Å². The monoisotopic (exact) mass is 289 g/mol. The lowest BCUT2D eigenvalue weighted by Gasteiger charge is -2.24. The molecule has 0 bridgehead atoms. The zero-order chi connectivity index (χ0) is 13.8. The normalized spacial score (nSPS) is 24.6. The molecule has 1 aromatic rings. The molecule has 1 saturated heterocycles. The standard InChI is InChI=1S/C16H23N3S/c1-13(19-9-5-6-10-19)11-17-16-18-12-15(20-16)14-7-3-2-4-8-14/h2-4,7-8,13,15H,5-6,9-12H2,1H3,(H,17,18). The SMILES string of the molecule is CC(CNC1=NCC(c2ccccc2)S1)N1CCCC1. The number of hydrogen-bond acceptors (Lipinski definition) is 4. The second kappa shape index (κ2) is 6.64. The Morgan fingerprint density at radius 3 is 2.80 bits per heavy atom. The van der Waals surface area contributed by atoms with Crippen LogP contribution in [0.1, 0.15) is 30.6 Å². The summed E-state index contributed by atoms with van der Waals surface area (Å²) in [6.45, 7) is 6.74. The van der Waals surface area contributed by atoms with Crippen molar-refractivity contribution in [3.8, 4) is 0 Å². The van der Waals surface area contributed by atoms with Crippen LogP contribution in [0.25, 0.3) is 0 Å². The Kier molecular flexibility index (Phi) is 4.63. The fourth-order valence-corrected chi connectivity index (χ4v) is 3.89. The van der Waals surface area contributed by atoms with Gasteiger partial charge in [-0.05, 0) is 38.4 Å². The summed E-state index contributed by atoms with van der Waals surface area (Å²) in [6, 6.07) is 11.3. The third kappa shape index (κ3) is 3.36. The average molecular weight is 289 g/mol. The average Bonchev–Trinajstić information content (AvgIpc) is 3.17. The third-order valence-electron chi connectivity index (χ3n) is 4.14. The minimum atomic E-state index is 0.487. The van der Waals surface area contributed by atoms with Crippen LogP contribution in [0.4, 0.5) is 0 Å². The quantitative estimate of drug-likeness (QED) is 0.923. The molecular weight excluding hydrogens is 266 g/mol. The van der Waals surface area contributed by atoms with E-state index >= 15 is 0 Å². The van der Waals surface area contributed by atoms with Crippen LogP contribution in [-0.2, 0) is 0 Å². The van der Waals surface area contributed by atoms with E-state index in [4.69, 9.17) is 0 Å². The molecule has 2 aliphatic heterocycles. The van der Waals surface area contributed by atoms with Gasteiger partial charge in [0.05, 0.1) is 11.8 Å². The molecule has 2 heterocycles. The molecule has 1 N–H and O–H groups in total. The molecule has 4 heteroatoms. The number of likely N-dealkylation sites (tertiary alicyclic amines) is 1. The molecule has 0 aliphatic carbocycles. The first-order valence-corrected chi connectivity index (χ1v) is 8.45. The summed E-state index contributed by atoms with van der Waals surface area (Å²) in [5.74, 6) is 0. The van der Waals surface area contributed by atoms with Crippen molar-refractivity contribution < 1.29 is 0 Å². The number of nitrogens with zero attached hydrogens (tertiary/aromatic N) is 2. The molecule has 108 valence electrons. The minimum Gasteiger partial charge on any atom is -0.363 e. The maximum atomic E-state index is 4.64. The molecule has 1 fully saturated rings. The van der Waals surface area contributed by atoms with Crippen LogP contribution in [0.15, 0.2) is 35.3 Å². The van der Waals surface area contributed by atoms with E-state index in [0.717, 1.165) is 18.3 Å². The van der Waals surface area contributed by atoms with Gasteiger partial charge >= 0.3 is 0 Å². The molecule has 1 aromatic carbocycles. The van der Waals surface area contributed by atoms with Crippen molar-refractivity contribution in [2.24, 2.45) is 4.99 Å². The Morgan fingerprint density at radius 1 is 1.30 bits per heavy atom. The molecule has 0 spiro atoms. The van der Waals surface area contributed by atoms with Crippen LogP contribution < -0.4 is 5.32 Å². The van der Waals surface area contributed by atoms with Gasteiger partial charge in [0.15, 0.2) is 5.17 Å². The van der Waals surface area contributed by atoms with Crippen molar-refractivity contribution in [2.45, 2.75) is 31.1 Å². The van der Waals surface area contributed by atoms with E-state index in [1.807, 2.05) is 11.8 Å². The molecule has 0 amide bonds. The Morgan fingerprint density at radius 2 is 2.05 bits per heavy atom. The van der Waals surface area contributed by atoms with Gasteiger partial charge in [0, 0.05) is 12.6 Å². The van der Waals surface area contributed by atoms with E-state index in [-0.39, 0.29) is 0 Å². The number of nitrogens with one attached hydrogen (secondary N) is 1. The molecule has 0 radical (unpaired) electrons. The second-order valence-corrected chi connectivity index (χ2v) is 6.83. The predicted molar refractivity (Wildman–Crippen MR) is 87.3 cm³/mol. The Bertz CT molecular complexity index is 454. The van der Waals surface area contributed by atoms with Crippen molar-refractivity contribution in [1.82, 2.24) is 10.2 Å². The lowest BCUT2D eigenvalue weighted by atomic mass is 10.1. The highest BCUT2D eigenvalue weighted by Gasteiger charge is 2.22. The first-order chi connectivity index (χ1) is 9.83. The van der Waals surface area contributed by atoms with Crippen molar-refractivity contribution >= 4 is 16.9 Å². The van der Waals surface area contributed by atoms with Crippen LogP contribution in [0.5, 0.6) is 0 Å². The topological polar surface area (TPSA) is 27.6 Å². The highest BCUT2D eigenvalue weighted by molar-refractivity contribution is 8.14. The molecular formula is C16H23N3S. The largest absolute Gasteiger partial charge is 0.363 e. The van der Waals surface area contributed by atoms with Crippen LogP contribution in [0.3, 0.4) is 0 Å². The van der Waals surface area contributed by atoms with Crippen LogP contribution >= 0.6 is 11.8 Å². The lowest BCUT2D eigenvalue weighted by molar-refractivity contribution is 0.259.